The van der Waals surface area contributed by atoms with Gasteiger partial charge in [0, 0.05) is 18.1 Å². The molecule has 0 aliphatic heterocycles. The molecule has 0 unspecified atom stereocenters. The highest BCUT2D eigenvalue weighted by molar-refractivity contribution is 7.86. The third-order valence-electron chi connectivity index (χ3n) is 2.92. The zero-order chi connectivity index (χ0) is 21.9. The fourth-order valence-electron chi connectivity index (χ4n) is 1.57. The highest BCUT2D eigenvalue weighted by Gasteiger charge is 2.83. The Morgan fingerprint density at radius 1 is 1.00 bits per heavy atom. The number of alkyl halides is 9. The lowest BCUT2D eigenvalue weighted by Gasteiger charge is -2.34. The number of aryl methyl sites for hydroxylation is 2. The van der Waals surface area contributed by atoms with E-state index in [1.165, 1.54) is 12.0 Å². The first-order valence-electron chi connectivity index (χ1n) is 6.94. The summed E-state index contributed by atoms with van der Waals surface area (Å²) in [6, 6.07) is 4.21. The van der Waals surface area contributed by atoms with E-state index in [-0.39, 0.29) is 0 Å². The molecule has 0 radical (unpaired) electrons. The summed E-state index contributed by atoms with van der Waals surface area (Å²) >= 11 is 0. The summed E-state index contributed by atoms with van der Waals surface area (Å²) < 4.78 is 138. The lowest BCUT2D eigenvalue weighted by molar-refractivity contribution is -0.697. The van der Waals surface area contributed by atoms with Crippen molar-refractivity contribution in [2.45, 2.75) is 50.1 Å². The molecule has 27 heavy (non-hydrogen) atoms. The fourth-order valence-corrected chi connectivity index (χ4v) is 2.01. The van der Waals surface area contributed by atoms with Crippen molar-refractivity contribution in [1.29, 1.82) is 0 Å². The van der Waals surface area contributed by atoms with Crippen LogP contribution in [-0.2, 0) is 16.7 Å². The molecule has 1 rings (SSSR count). The van der Waals surface area contributed by atoms with Gasteiger partial charge in [-0.25, -0.2) is 13.0 Å². The summed E-state index contributed by atoms with van der Waals surface area (Å²) in [5.74, 6) is -14.8. The van der Waals surface area contributed by atoms with Crippen molar-refractivity contribution in [2.75, 3.05) is 0 Å². The summed E-state index contributed by atoms with van der Waals surface area (Å²) in [7, 11) is -7.42. The Kier molecular flexibility index (Phi) is 7.73. The smallest absolute Gasteiger partial charge is 0.460 e. The molecule has 0 bridgehead atoms. The second kappa shape index (κ2) is 8.20. The molecule has 0 aliphatic carbocycles. The minimum absolute atomic E-state index is 1.13. The van der Waals surface area contributed by atoms with Crippen LogP contribution in [0.4, 0.5) is 39.5 Å². The lowest BCUT2D eigenvalue weighted by atomic mass is 10.1. The maximum atomic E-state index is 12.2. The van der Waals surface area contributed by atoms with Gasteiger partial charge >= 0.3 is 23.3 Å². The lowest BCUT2D eigenvalue weighted by Crippen LogP contribution is -2.63. The summed E-state index contributed by atoms with van der Waals surface area (Å²) in [4.78, 5) is 0. The molecular weight excluding hydrogens is 421 g/mol. The van der Waals surface area contributed by atoms with Gasteiger partial charge in [-0.05, 0) is 13.0 Å². The molecule has 0 saturated carbocycles. The topological polar surface area (TPSA) is 61.1 Å². The van der Waals surface area contributed by atoms with E-state index in [1.807, 2.05) is 0 Å². The van der Waals surface area contributed by atoms with Crippen LogP contribution in [0.3, 0.4) is 0 Å². The molecule has 4 nitrogen and oxygen atoms in total. The van der Waals surface area contributed by atoms with Crippen LogP contribution in [0, 0.1) is 6.92 Å². The van der Waals surface area contributed by atoms with Crippen LogP contribution < -0.4 is 4.57 Å². The minimum atomic E-state index is -7.43. The van der Waals surface area contributed by atoms with Crippen LogP contribution in [0.25, 0.3) is 0 Å². The first-order chi connectivity index (χ1) is 11.8. The molecule has 0 amide bonds. The molecule has 1 aromatic rings. The molecule has 14 heteroatoms. The van der Waals surface area contributed by atoms with Crippen LogP contribution in [0.15, 0.2) is 24.5 Å². The van der Waals surface area contributed by atoms with Crippen LogP contribution in [0.1, 0.15) is 18.9 Å². The Hall–Kier alpha value is -1.57. The van der Waals surface area contributed by atoms with E-state index in [0.29, 0.717) is 0 Å². The molecule has 0 saturated heterocycles. The van der Waals surface area contributed by atoms with Gasteiger partial charge in [0.25, 0.3) is 0 Å². The second-order valence-electron chi connectivity index (χ2n) is 5.24. The van der Waals surface area contributed by atoms with Gasteiger partial charge in [0.15, 0.2) is 22.5 Å². The van der Waals surface area contributed by atoms with Crippen LogP contribution >= 0.6 is 0 Å². The minimum Gasteiger partial charge on any atom is -0.743 e. The number of pyridine rings is 1. The molecule has 158 valence electrons. The Morgan fingerprint density at radius 2 is 1.48 bits per heavy atom. The monoisotopic (exact) mass is 435 g/mol. The average Bonchev–Trinajstić information content (AvgIpc) is 2.45. The maximum absolute atomic E-state index is 12.2. The van der Waals surface area contributed by atoms with Gasteiger partial charge in [0.1, 0.15) is 6.54 Å². The van der Waals surface area contributed by atoms with E-state index in [1.54, 1.807) is 0 Å². The van der Waals surface area contributed by atoms with Gasteiger partial charge in [-0.3, -0.25) is 0 Å². The summed E-state index contributed by atoms with van der Waals surface area (Å²) in [6.45, 7) is 5.43. The van der Waals surface area contributed by atoms with E-state index >= 15 is 0 Å². The zero-order valence-corrected chi connectivity index (χ0v) is 14.5. The average molecular weight is 435 g/mol. The van der Waals surface area contributed by atoms with E-state index in [9.17, 15) is 52.5 Å². The van der Waals surface area contributed by atoms with Crippen molar-refractivity contribution < 1.29 is 57.1 Å². The molecule has 0 fully saturated rings. The number of hydrogen-bond donors (Lipinski definition) is 0. The van der Waals surface area contributed by atoms with Gasteiger partial charge < -0.3 is 4.55 Å². The molecular formula is C13H14F9NO3S. The summed E-state index contributed by atoms with van der Waals surface area (Å²) in [5, 5.41) is -7.11. The van der Waals surface area contributed by atoms with Gasteiger partial charge in [-0.15, -0.1) is 0 Å². The van der Waals surface area contributed by atoms with Crippen molar-refractivity contribution in [2.24, 2.45) is 0 Å². The zero-order valence-electron chi connectivity index (χ0n) is 13.7. The standard InChI is InChI=1S/C9H14N.C4HF9O3S/c1-3-6-10-7-4-5-9(2)8-10;5-1(6,3(9,10)11)2(7,8)4(12,13)17(14,15)16/h4-5,7-8H,3,6H2,1-2H3;(H,14,15,16)/q+1;/p-1. The highest BCUT2D eigenvalue weighted by atomic mass is 32.2. The first-order valence-corrected chi connectivity index (χ1v) is 8.35. The van der Waals surface area contributed by atoms with E-state index in [0.717, 1.165) is 6.54 Å². The number of aromatic nitrogens is 1. The molecule has 0 N–H and O–H groups in total. The maximum Gasteiger partial charge on any atom is 0.460 e. The van der Waals surface area contributed by atoms with Crippen molar-refractivity contribution in [3.05, 3.63) is 30.1 Å². The molecule has 0 aliphatic rings. The molecule has 0 spiro atoms. The van der Waals surface area contributed by atoms with Gasteiger partial charge in [0.2, 0.25) is 0 Å². The summed E-state index contributed by atoms with van der Waals surface area (Å²) in [6.07, 6.45) is -1.68. The fraction of sp³-hybridized carbons (Fsp3) is 0.615. The molecule has 0 atom stereocenters. The Morgan fingerprint density at radius 3 is 1.81 bits per heavy atom. The predicted molar refractivity (Wildman–Crippen MR) is 72.3 cm³/mol. The van der Waals surface area contributed by atoms with Crippen molar-refractivity contribution in [1.82, 2.24) is 0 Å². The second-order valence-corrected chi connectivity index (χ2v) is 6.66. The third kappa shape index (κ3) is 5.46. The number of halogens is 9. The van der Waals surface area contributed by atoms with Crippen LogP contribution in [-0.4, -0.2) is 36.2 Å². The van der Waals surface area contributed by atoms with Crippen molar-refractivity contribution in [3.8, 4) is 0 Å². The normalized spacial score (nSPS) is 13.8. The number of nitrogens with zero attached hydrogens (tertiary/aromatic N) is 1. The van der Waals surface area contributed by atoms with Crippen LogP contribution in [0.2, 0.25) is 0 Å². The molecule has 0 aromatic carbocycles. The molecule has 1 aromatic heterocycles. The van der Waals surface area contributed by atoms with Crippen molar-refractivity contribution in [3.63, 3.8) is 0 Å². The van der Waals surface area contributed by atoms with Crippen molar-refractivity contribution >= 4 is 10.1 Å². The number of rotatable bonds is 5. The Balaban J connectivity index is 0.000000569. The quantitative estimate of drug-likeness (QED) is 0.403. The Bertz CT molecular complexity index is 733. The SMILES string of the molecule is CCC[n+]1cccc(C)c1.O=S(=O)([O-])C(F)(F)C(F)(F)C(F)(F)C(F)(F)F. The van der Waals surface area contributed by atoms with Crippen LogP contribution in [0.5, 0.6) is 0 Å². The van der Waals surface area contributed by atoms with Gasteiger partial charge in [0.05, 0.1) is 0 Å². The number of hydrogen-bond acceptors (Lipinski definition) is 3. The first kappa shape index (κ1) is 25.4. The molecule has 1 heterocycles. The van der Waals surface area contributed by atoms with Gasteiger partial charge in [-0.1, -0.05) is 6.92 Å². The third-order valence-corrected chi connectivity index (χ3v) is 3.80. The van der Waals surface area contributed by atoms with E-state index in [2.05, 4.69) is 42.9 Å². The van der Waals surface area contributed by atoms with Gasteiger partial charge in [-0.2, -0.15) is 39.5 Å². The van der Waals surface area contributed by atoms with E-state index < -0.39 is 33.4 Å². The highest BCUT2D eigenvalue weighted by Crippen LogP contribution is 2.54. The summed E-state index contributed by atoms with van der Waals surface area (Å²) in [5.41, 5.74) is 1.33. The predicted octanol–water partition coefficient (Wildman–Crippen LogP) is 3.65. The largest absolute Gasteiger partial charge is 0.743 e. The van der Waals surface area contributed by atoms with E-state index in [4.69, 9.17) is 0 Å². The Labute approximate surface area is 148 Å².